The standard InChI is InChI=1S/C13H17ClO2/c1-8-7-9(2)13(14)10(3)11(8)5-6-12(15)16-4/h7H,5-6H2,1-4H3. The van der Waals surface area contributed by atoms with Crippen molar-refractivity contribution in [1.29, 1.82) is 0 Å². The molecule has 0 aliphatic carbocycles. The topological polar surface area (TPSA) is 26.3 Å². The summed E-state index contributed by atoms with van der Waals surface area (Å²) in [6.07, 6.45) is 1.09. The molecule has 0 saturated heterocycles. The van der Waals surface area contributed by atoms with Crippen molar-refractivity contribution in [3.63, 3.8) is 0 Å². The molecule has 0 N–H and O–H groups in total. The Kier molecular flexibility index (Phi) is 4.36. The van der Waals surface area contributed by atoms with Gasteiger partial charge < -0.3 is 4.74 Å². The van der Waals surface area contributed by atoms with Crippen LogP contribution in [0.3, 0.4) is 0 Å². The van der Waals surface area contributed by atoms with Crippen LogP contribution < -0.4 is 0 Å². The van der Waals surface area contributed by atoms with Gasteiger partial charge in [-0.05, 0) is 49.4 Å². The molecule has 0 aliphatic rings. The van der Waals surface area contributed by atoms with Crippen LogP contribution in [0.4, 0.5) is 0 Å². The summed E-state index contributed by atoms with van der Waals surface area (Å²) in [5.74, 6) is -0.185. The van der Waals surface area contributed by atoms with Gasteiger partial charge in [0.2, 0.25) is 0 Å². The van der Waals surface area contributed by atoms with Crippen molar-refractivity contribution in [2.75, 3.05) is 7.11 Å². The van der Waals surface area contributed by atoms with E-state index < -0.39 is 0 Å². The first-order valence-corrected chi connectivity index (χ1v) is 5.67. The van der Waals surface area contributed by atoms with Crippen LogP contribution in [0.15, 0.2) is 6.07 Å². The van der Waals surface area contributed by atoms with Crippen molar-refractivity contribution in [3.8, 4) is 0 Å². The van der Waals surface area contributed by atoms with Gasteiger partial charge in [0.15, 0.2) is 0 Å². The third-order valence-electron chi connectivity index (χ3n) is 2.84. The molecule has 0 amide bonds. The van der Waals surface area contributed by atoms with E-state index in [-0.39, 0.29) is 5.97 Å². The van der Waals surface area contributed by atoms with Crippen LogP contribution >= 0.6 is 11.6 Å². The summed E-state index contributed by atoms with van der Waals surface area (Å²) in [6, 6.07) is 2.06. The molecule has 2 nitrogen and oxygen atoms in total. The van der Waals surface area contributed by atoms with Crippen molar-refractivity contribution in [1.82, 2.24) is 0 Å². The Morgan fingerprint density at radius 2 is 1.94 bits per heavy atom. The highest BCUT2D eigenvalue weighted by molar-refractivity contribution is 6.32. The Bertz CT molecular complexity index is 411. The molecule has 0 radical (unpaired) electrons. The number of hydrogen-bond donors (Lipinski definition) is 0. The monoisotopic (exact) mass is 240 g/mol. The van der Waals surface area contributed by atoms with E-state index in [0.29, 0.717) is 12.8 Å². The number of ether oxygens (including phenoxy) is 1. The number of methoxy groups -OCH3 is 1. The van der Waals surface area contributed by atoms with E-state index in [0.717, 1.165) is 21.7 Å². The summed E-state index contributed by atoms with van der Waals surface area (Å²) in [5, 5.41) is 0.797. The number of hydrogen-bond acceptors (Lipinski definition) is 2. The third kappa shape index (κ3) is 2.76. The third-order valence-corrected chi connectivity index (χ3v) is 3.43. The zero-order valence-corrected chi connectivity index (χ0v) is 10.9. The van der Waals surface area contributed by atoms with E-state index in [1.807, 2.05) is 20.8 Å². The van der Waals surface area contributed by atoms with Crippen LogP contribution in [-0.2, 0) is 16.0 Å². The minimum absolute atomic E-state index is 0.185. The first kappa shape index (κ1) is 13.0. The van der Waals surface area contributed by atoms with Gasteiger partial charge in [-0.1, -0.05) is 17.7 Å². The van der Waals surface area contributed by atoms with Gasteiger partial charge in [-0.15, -0.1) is 0 Å². The van der Waals surface area contributed by atoms with Crippen molar-refractivity contribution in [2.45, 2.75) is 33.6 Å². The zero-order chi connectivity index (χ0) is 12.3. The molecule has 1 rings (SSSR count). The molecule has 0 aromatic heterocycles. The molecular weight excluding hydrogens is 224 g/mol. The van der Waals surface area contributed by atoms with Crippen LogP contribution in [0.2, 0.25) is 5.02 Å². The molecule has 0 heterocycles. The molecule has 16 heavy (non-hydrogen) atoms. The molecule has 0 saturated carbocycles. The van der Waals surface area contributed by atoms with E-state index in [1.165, 1.54) is 12.7 Å². The van der Waals surface area contributed by atoms with E-state index in [2.05, 4.69) is 10.8 Å². The second-order valence-corrected chi connectivity index (χ2v) is 4.38. The molecule has 0 aliphatic heterocycles. The van der Waals surface area contributed by atoms with Gasteiger partial charge in [-0.2, -0.15) is 0 Å². The number of rotatable bonds is 3. The maximum Gasteiger partial charge on any atom is 0.305 e. The van der Waals surface area contributed by atoms with E-state index in [4.69, 9.17) is 11.6 Å². The Labute approximate surface area is 102 Å². The number of esters is 1. The van der Waals surface area contributed by atoms with Gasteiger partial charge in [0, 0.05) is 11.4 Å². The van der Waals surface area contributed by atoms with Gasteiger partial charge in [0.1, 0.15) is 0 Å². The second-order valence-electron chi connectivity index (χ2n) is 4.00. The van der Waals surface area contributed by atoms with Crippen LogP contribution in [0.5, 0.6) is 0 Å². The molecule has 88 valence electrons. The molecular formula is C13H17ClO2. The van der Waals surface area contributed by atoms with Crippen molar-refractivity contribution in [2.24, 2.45) is 0 Å². The summed E-state index contributed by atoms with van der Waals surface area (Å²) >= 11 is 6.19. The summed E-state index contributed by atoms with van der Waals surface area (Å²) in [6.45, 7) is 6.03. The predicted octanol–water partition coefficient (Wildman–Crippen LogP) is 3.37. The zero-order valence-electron chi connectivity index (χ0n) is 10.2. The predicted molar refractivity (Wildman–Crippen MR) is 66.0 cm³/mol. The lowest BCUT2D eigenvalue weighted by atomic mass is 9.96. The molecule has 0 bridgehead atoms. The highest BCUT2D eigenvalue weighted by Crippen LogP contribution is 2.27. The van der Waals surface area contributed by atoms with Crippen molar-refractivity contribution < 1.29 is 9.53 Å². The minimum atomic E-state index is -0.185. The second kappa shape index (κ2) is 5.35. The molecule has 0 spiro atoms. The Morgan fingerprint density at radius 1 is 1.31 bits per heavy atom. The van der Waals surface area contributed by atoms with E-state index >= 15 is 0 Å². The molecule has 1 aromatic rings. The van der Waals surface area contributed by atoms with Crippen molar-refractivity contribution in [3.05, 3.63) is 33.3 Å². The largest absolute Gasteiger partial charge is 0.469 e. The number of benzene rings is 1. The van der Waals surface area contributed by atoms with Gasteiger partial charge >= 0.3 is 5.97 Å². The summed E-state index contributed by atoms with van der Waals surface area (Å²) in [5.41, 5.74) is 4.49. The Hall–Kier alpha value is -1.02. The summed E-state index contributed by atoms with van der Waals surface area (Å²) < 4.78 is 4.63. The molecule has 0 fully saturated rings. The van der Waals surface area contributed by atoms with Gasteiger partial charge in [0.25, 0.3) is 0 Å². The molecule has 3 heteroatoms. The lowest BCUT2D eigenvalue weighted by Gasteiger charge is -2.13. The fourth-order valence-electron chi connectivity index (χ4n) is 1.91. The quantitative estimate of drug-likeness (QED) is 0.758. The maximum atomic E-state index is 11.1. The normalized spacial score (nSPS) is 10.3. The fourth-order valence-corrected chi connectivity index (χ4v) is 2.08. The Morgan fingerprint density at radius 3 is 2.50 bits per heavy atom. The van der Waals surface area contributed by atoms with Crippen LogP contribution in [0.25, 0.3) is 0 Å². The first-order chi connectivity index (χ1) is 7.47. The number of halogens is 1. The smallest absolute Gasteiger partial charge is 0.305 e. The maximum absolute atomic E-state index is 11.1. The summed E-state index contributed by atoms with van der Waals surface area (Å²) in [4.78, 5) is 11.1. The highest BCUT2D eigenvalue weighted by atomic mass is 35.5. The highest BCUT2D eigenvalue weighted by Gasteiger charge is 2.11. The average molecular weight is 241 g/mol. The molecule has 1 aromatic carbocycles. The van der Waals surface area contributed by atoms with Crippen LogP contribution in [0.1, 0.15) is 28.7 Å². The lowest BCUT2D eigenvalue weighted by Crippen LogP contribution is -2.04. The summed E-state index contributed by atoms with van der Waals surface area (Å²) in [7, 11) is 1.41. The van der Waals surface area contributed by atoms with Gasteiger partial charge in [-0.25, -0.2) is 0 Å². The minimum Gasteiger partial charge on any atom is -0.469 e. The lowest BCUT2D eigenvalue weighted by molar-refractivity contribution is -0.140. The number of carbonyl (C=O) groups excluding carboxylic acids is 1. The molecule has 0 atom stereocenters. The van der Waals surface area contributed by atoms with Crippen LogP contribution in [0, 0.1) is 20.8 Å². The first-order valence-electron chi connectivity index (χ1n) is 5.29. The Balaban J connectivity index is 2.96. The SMILES string of the molecule is COC(=O)CCc1c(C)cc(C)c(Cl)c1C. The van der Waals surface area contributed by atoms with Crippen molar-refractivity contribution >= 4 is 17.6 Å². The fraction of sp³-hybridized carbons (Fsp3) is 0.462. The average Bonchev–Trinajstić information content (AvgIpc) is 2.25. The van der Waals surface area contributed by atoms with Crippen LogP contribution in [-0.4, -0.2) is 13.1 Å². The number of aryl methyl sites for hydroxylation is 2. The van der Waals surface area contributed by atoms with E-state index in [1.54, 1.807) is 0 Å². The van der Waals surface area contributed by atoms with Gasteiger partial charge in [0.05, 0.1) is 7.11 Å². The molecule has 0 unspecified atom stereocenters. The number of carbonyl (C=O) groups is 1. The van der Waals surface area contributed by atoms with Gasteiger partial charge in [-0.3, -0.25) is 4.79 Å². The van der Waals surface area contributed by atoms with E-state index in [9.17, 15) is 4.79 Å².